The summed E-state index contributed by atoms with van der Waals surface area (Å²) >= 11 is 0. The van der Waals surface area contributed by atoms with Crippen molar-refractivity contribution in [2.75, 3.05) is 53.9 Å². The SMILES string of the molecule is CCN1CCCC1CN(C)C(=NCC(=O)N(C)C)NCCc1ccco1.I. The van der Waals surface area contributed by atoms with Crippen molar-refractivity contribution < 1.29 is 9.21 Å². The molecule has 0 bridgehead atoms. The number of halogens is 1. The van der Waals surface area contributed by atoms with E-state index in [4.69, 9.17) is 4.42 Å². The number of guanidine groups is 1. The Labute approximate surface area is 180 Å². The molecule has 0 radical (unpaired) electrons. The van der Waals surface area contributed by atoms with E-state index in [-0.39, 0.29) is 36.4 Å². The van der Waals surface area contributed by atoms with Crippen LogP contribution in [0.3, 0.4) is 0 Å². The lowest BCUT2D eigenvalue weighted by molar-refractivity contribution is -0.127. The highest BCUT2D eigenvalue weighted by atomic mass is 127. The third-order valence-electron chi connectivity index (χ3n) is 4.85. The molecule has 1 amide bonds. The second-order valence-electron chi connectivity index (χ2n) is 6.99. The van der Waals surface area contributed by atoms with Gasteiger partial charge in [-0.1, -0.05) is 6.92 Å². The number of carbonyl (C=O) groups is 1. The van der Waals surface area contributed by atoms with Gasteiger partial charge < -0.3 is 19.5 Å². The van der Waals surface area contributed by atoms with Gasteiger partial charge in [-0.25, -0.2) is 4.99 Å². The standard InChI is InChI=1S/C19H33N5O2.HI/c1-5-24-12-6-8-16(24)15-23(4)19(21-14-18(25)22(2)3)20-11-10-17-9-7-13-26-17;/h7,9,13,16H,5-6,8,10-12,14-15H2,1-4H3,(H,20,21);1H. The molecular weight excluding hydrogens is 457 g/mol. The van der Waals surface area contributed by atoms with Crippen LogP contribution >= 0.6 is 24.0 Å². The third kappa shape index (κ3) is 7.69. The van der Waals surface area contributed by atoms with E-state index in [0.717, 1.165) is 37.8 Å². The number of hydrogen-bond acceptors (Lipinski definition) is 4. The van der Waals surface area contributed by atoms with Crippen molar-refractivity contribution in [3.05, 3.63) is 24.2 Å². The summed E-state index contributed by atoms with van der Waals surface area (Å²) in [6.45, 7) is 6.25. The molecule has 1 saturated heterocycles. The van der Waals surface area contributed by atoms with Crippen molar-refractivity contribution >= 4 is 35.8 Å². The minimum Gasteiger partial charge on any atom is -0.469 e. The van der Waals surface area contributed by atoms with Crippen LogP contribution in [0.4, 0.5) is 0 Å². The first kappa shape index (κ1) is 23.7. The number of rotatable bonds is 8. The van der Waals surface area contributed by atoms with Crippen LogP contribution in [0, 0.1) is 0 Å². The molecule has 1 aromatic rings. The van der Waals surface area contributed by atoms with Crippen LogP contribution in [0.5, 0.6) is 0 Å². The van der Waals surface area contributed by atoms with Gasteiger partial charge in [-0.3, -0.25) is 9.69 Å². The molecule has 2 rings (SSSR count). The Morgan fingerprint density at radius 3 is 2.81 bits per heavy atom. The molecule has 1 atom stereocenters. The Kier molecular flexibility index (Phi) is 10.8. The topological polar surface area (TPSA) is 64.3 Å². The van der Waals surface area contributed by atoms with Gasteiger partial charge in [-0.2, -0.15) is 0 Å². The maximum atomic E-state index is 11.9. The van der Waals surface area contributed by atoms with Gasteiger partial charge in [0.05, 0.1) is 6.26 Å². The van der Waals surface area contributed by atoms with Crippen molar-refractivity contribution in [2.45, 2.75) is 32.2 Å². The average molecular weight is 491 g/mol. The van der Waals surface area contributed by atoms with Gasteiger partial charge in [0.25, 0.3) is 0 Å². The number of amides is 1. The highest BCUT2D eigenvalue weighted by molar-refractivity contribution is 14.0. The van der Waals surface area contributed by atoms with Gasteiger partial charge in [-0.05, 0) is 38.1 Å². The van der Waals surface area contributed by atoms with Crippen LogP contribution in [0.2, 0.25) is 0 Å². The molecule has 27 heavy (non-hydrogen) atoms. The van der Waals surface area contributed by atoms with Crippen LogP contribution < -0.4 is 5.32 Å². The van der Waals surface area contributed by atoms with Crippen molar-refractivity contribution in [1.82, 2.24) is 20.0 Å². The average Bonchev–Trinajstić information content (AvgIpc) is 3.28. The lowest BCUT2D eigenvalue weighted by Gasteiger charge is -2.30. The summed E-state index contributed by atoms with van der Waals surface area (Å²) < 4.78 is 5.38. The predicted octanol–water partition coefficient (Wildman–Crippen LogP) is 1.89. The van der Waals surface area contributed by atoms with Crippen molar-refractivity contribution in [2.24, 2.45) is 4.99 Å². The van der Waals surface area contributed by atoms with Crippen molar-refractivity contribution in [3.63, 3.8) is 0 Å². The molecule has 2 heterocycles. The van der Waals surface area contributed by atoms with Gasteiger partial charge in [0.1, 0.15) is 12.3 Å². The second-order valence-corrected chi connectivity index (χ2v) is 6.99. The van der Waals surface area contributed by atoms with Gasteiger partial charge in [-0.15, -0.1) is 24.0 Å². The van der Waals surface area contributed by atoms with E-state index in [1.54, 1.807) is 25.3 Å². The first-order valence-corrected chi connectivity index (χ1v) is 9.47. The molecule has 154 valence electrons. The molecule has 0 spiro atoms. The lowest BCUT2D eigenvalue weighted by atomic mass is 10.2. The number of carbonyl (C=O) groups excluding carboxylic acids is 1. The zero-order valence-corrected chi connectivity index (χ0v) is 19.3. The van der Waals surface area contributed by atoms with Crippen molar-refractivity contribution in [3.8, 4) is 0 Å². The second kappa shape index (κ2) is 12.2. The fourth-order valence-electron chi connectivity index (χ4n) is 3.27. The third-order valence-corrected chi connectivity index (χ3v) is 4.85. The maximum absolute atomic E-state index is 11.9. The minimum atomic E-state index is -0.000198. The fourth-order valence-corrected chi connectivity index (χ4v) is 3.27. The number of aliphatic imine (C=N–C) groups is 1. The summed E-state index contributed by atoms with van der Waals surface area (Å²) in [7, 11) is 5.55. The number of hydrogen-bond donors (Lipinski definition) is 1. The van der Waals surface area contributed by atoms with E-state index < -0.39 is 0 Å². The minimum absolute atomic E-state index is 0. The summed E-state index contributed by atoms with van der Waals surface area (Å²) in [6.07, 6.45) is 4.94. The van der Waals surface area contributed by atoms with E-state index in [9.17, 15) is 4.79 Å². The highest BCUT2D eigenvalue weighted by Crippen LogP contribution is 2.17. The fraction of sp³-hybridized carbons (Fsp3) is 0.684. The number of furan rings is 1. The Bertz CT molecular complexity index is 577. The quantitative estimate of drug-likeness (QED) is 0.342. The van der Waals surface area contributed by atoms with Crippen LogP contribution in [0.25, 0.3) is 0 Å². The number of nitrogens with one attached hydrogen (secondary N) is 1. The van der Waals surface area contributed by atoms with Crippen LogP contribution in [-0.2, 0) is 11.2 Å². The first-order chi connectivity index (χ1) is 12.5. The Morgan fingerprint density at radius 1 is 1.41 bits per heavy atom. The van der Waals surface area contributed by atoms with Gasteiger partial charge in [0, 0.05) is 46.7 Å². The number of likely N-dealkylation sites (N-methyl/N-ethyl adjacent to an activating group) is 3. The maximum Gasteiger partial charge on any atom is 0.243 e. The van der Waals surface area contributed by atoms with E-state index in [1.807, 2.05) is 19.2 Å². The van der Waals surface area contributed by atoms with Crippen LogP contribution in [0.1, 0.15) is 25.5 Å². The summed E-state index contributed by atoms with van der Waals surface area (Å²) in [5.74, 6) is 1.71. The molecular formula is C19H34IN5O2. The van der Waals surface area contributed by atoms with Crippen LogP contribution in [0.15, 0.2) is 27.8 Å². The van der Waals surface area contributed by atoms with Crippen LogP contribution in [-0.4, -0.2) is 86.5 Å². The number of nitrogens with zero attached hydrogens (tertiary/aromatic N) is 4. The van der Waals surface area contributed by atoms with Crippen molar-refractivity contribution in [1.29, 1.82) is 0 Å². The molecule has 0 saturated carbocycles. The summed E-state index contributed by atoms with van der Waals surface area (Å²) in [4.78, 5) is 22.7. The smallest absolute Gasteiger partial charge is 0.243 e. The largest absolute Gasteiger partial charge is 0.469 e. The molecule has 0 aromatic carbocycles. The monoisotopic (exact) mass is 491 g/mol. The molecule has 8 heteroatoms. The summed E-state index contributed by atoms with van der Waals surface area (Å²) in [5.41, 5.74) is 0. The normalized spacial score (nSPS) is 17.5. The molecule has 1 aliphatic rings. The van der Waals surface area contributed by atoms with E-state index in [1.165, 1.54) is 19.4 Å². The van der Waals surface area contributed by atoms with Gasteiger partial charge >= 0.3 is 0 Å². The molecule has 1 unspecified atom stereocenters. The molecule has 1 aliphatic heterocycles. The van der Waals surface area contributed by atoms with E-state index in [0.29, 0.717) is 6.04 Å². The zero-order valence-electron chi connectivity index (χ0n) is 17.0. The van der Waals surface area contributed by atoms with Gasteiger partial charge in [0.2, 0.25) is 5.91 Å². The van der Waals surface area contributed by atoms with E-state index in [2.05, 4.69) is 27.0 Å². The molecule has 1 aromatic heterocycles. The van der Waals surface area contributed by atoms with E-state index >= 15 is 0 Å². The Hall–Kier alpha value is -1.29. The molecule has 7 nitrogen and oxygen atoms in total. The zero-order chi connectivity index (χ0) is 18.9. The molecule has 1 fully saturated rings. The predicted molar refractivity (Wildman–Crippen MR) is 120 cm³/mol. The highest BCUT2D eigenvalue weighted by Gasteiger charge is 2.25. The Morgan fingerprint density at radius 2 is 2.19 bits per heavy atom. The Balaban J connectivity index is 0.00000364. The van der Waals surface area contributed by atoms with Gasteiger partial charge in [0.15, 0.2) is 5.96 Å². The molecule has 1 N–H and O–H groups in total. The first-order valence-electron chi connectivity index (χ1n) is 9.47. The summed E-state index contributed by atoms with van der Waals surface area (Å²) in [5, 5.41) is 3.39. The summed E-state index contributed by atoms with van der Waals surface area (Å²) in [6, 6.07) is 4.41. The molecule has 0 aliphatic carbocycles. The number of likely N-dealkylation sites (tertiary alicyclic amines) is 1. The lowest BCUT2D eigenvalue weighted by Crippen LogP contribution is -2.46.